The first-order chi connectivity index (χ1) is 24.8. The smallest absolute Gasteiger partial charge is 0.242 e. The Balaban J connectivity index is 1.17. The van der Waals surface area contributed by atoms with Crippen LogP contribution in [0.1, 0.15) is 78.7 Å². The second-order valence-corrected chi connectivity index (χ2v) is 15.4. The molecule has 0 bridgehead atoms. The fourth-order valence-electron chi connectivity index (χ4n) is 6.78. The number of amides is 1. The van der Waals surface area contributed by atoms with E-state index in [1.54, 1.807) is 24.3 Å². The van der Waals surface area contributed by atoms with E-state index < -0.39 is 28.3 Å². The van der Waals surface area contributed by atoms with Gasteiger partial charge in [-0.05, 0) is 80.2 Å². The number of ether oxygens (including phenoxy) is 2. The normalized spacial score (nSPS) is 20.9. The predicted octanol–water partition coefficient (Wildman–Crippen LogP) is 6.83. The van der Waals surface area contributed by atoms with Gasteiger partial charge in [0.1, 0.15) is 6.04 Å². The molecule has 4 atom stereocenters. The van der Waals surface area contributed by atoms with E-state index in [-0.39, 0.29) is 30.1 Å². The first-order valence-electron chi connectivity index (χ1n) is 18.0. The van der Waals surface area contributed by atoms with E-state index in [1.165, 1.54) is 44.2 Å². The number of aliphatic hydroxyl groups excluding tert-OH is 1. The highest BCUT2D eigenvalue weighted by Crippen LogP contribution is 2.38. The molecule has 4 aromatic carbocycles. The van der Waals surface area contributed by atoms with E-state index in [0.717, 1.165) is 53.9 Å². The molecule has 9 nitrogen and oxygen atoms in total. The molecule has 2 aliphatic rings. The summed E-state index contributed by atoms with van der Waals surface area (Å²) >= 11 is 0. The molecule has 2 saturated heterocycles. The monoisotopic (exact) mass is 711 g/mol. The van der Waals surface area contributed by atoms with Crippen LogP contribution in [0.2, 0.25) is 0 Å². The lowest BCUT2D eigenvalue weighted by molar-refractivity contribution is -0.253. The number of aliphatic hydroxyl groups is 1. The summed E-state index contributed by atoms with van der Waals surface area (Å²) in [6.07, 6.45) is 6.31. The van der Waals surface area contributed by atoms with Crippen LogP contribution >= 0.6 is 0 Å². The Labute approximate surface area is 302 Å². The quantitative estimate of drug-likeness (QED) is 0.148. The molecule has 3 N–H and O–H groups in total. The molecule has 0 saturated carbocycles. The Morgan fingerprint density at radius 2 is 1.45 bits per heavy atom. The number of sulfonamides is 1. The maximum Gasteiger partial charge on any atom is 0.242 e. The Bertz CT molecular complexity index is 1790. The molecule has 2 aliphatic heterocycles. The van der Waals surface area contributed by atoms with E-state index in [2.05, 4.69) is 14.9 Å². The van der Waals surface area contributed by atoms with Crippen LogP contribution in [0.5, 0.6) is 0 Å². The molecule has 1 amide bonds. The Morgan fingerprint density at radius 1 is 0.804 bits per heavy atom. The number of hydrogen-bond donors (Lipinski definition) is 3. The Kier molecular flexibility index (Phi) is 12.7. The van der Waals surface area contributed by atoms with Gasteiger partial charge in [-0.15, -0.1) is 0 Å². The van der Waals surface area contributed by atoms with Crippen molar-refractivity contribution in [3.05, 3.63) is 131 Å². The molecule has 2 heterocycles. The zero-order valence-electron chi connectivity index (χ0n) is 29.2. The van der Waals surface area contributed by atoms with E-state index in [0.29, 0.717) is 5.69 Å². The largest absolute Gasteiger partial charge is 0.392 e. The highest BCUT2D eigenvalue weighted by Gasteiger charge is 2.33. The number of anilines is 1. The zero-order chi connectivity index (χ0) is 35.6. The van der Waals surface area contributed by atoms with Crippen molar-refractivity contribution in [3.63, 3.8) is 0 Å². The van der Waals surface area contributed by atoms with Gasteiger partial charge in [0, 0.05) is 24.2 Å². The summed E-state index contributed by atoms with van der Waals surface area (Å²) < 4.78 is 42.5. The number of carbonyl (C=O) groups is 1. The first kappa shape index (κ1) is 36.9. The average molecular weight is 712 g/mol. The summed E-state index contributed by atoms with van der Waals surface area (Å²) in [5, 5.41) is 12.5. The van der Waals surface area contributed by atoms with Crippen molar-refractivity contribution in [1.82, 2.24) is 9.62 Å². The molecule has 51 heavy (non-hydrogen) atoms. The predicted molar refractivity (Wildman–Crippen MR) is 198 cm³/mol. The number of nitrogens with zero attached hydrogens (tertiary/aromatic N) is 1. The third-order valence-electron chi connectivity index (χ3n) is 9.70. The van der Waals surface area contributed by atoms with Crippen molar-refractivity contribution in [2.24, 2.45) is 0 Å². The number of carbonyl (C=O) groups excluding carboxylic acids is 1. The van der Waals surface area contributed by atoms with Crippen LogP contribution in [0.4, 0.5) is 5.69 Å². The molecular weight excluding hydrogens is 663 g/mol. The van der Waals surface area contributed by atoms with Crippen LogP contribution in [-0.2, 0) is 37.3 Å². The summed E-state index contributed by atoms with van der Waals surface area (Å²) in [5.41, 5.74) is 5.02. The van der Waals surface area contributed by atoms with Crippen LogP contribution in [0, 0.1) is 6.92 Å². The van der Waals surface area contributed by atoms with Crippen molar-refractivity contribution < 1.29 is 27.8 Å². The van der Waals surface area contributed by atoms with Crippen LogP contribution in [0.3, 0.4) is 0 Å². The molecule has 0 unspecified atom stereocenters. The number of aryl methyl sites for hydroxylation is 1. The van der Waals surface area contributed by atoms with Crippen LogP contribution in [0.25, 0.3) is 0 Å². The summed E-state index contributed by atoms with van der Waals surface area (Å²) in [4.78, 5) is 16.3. The van der Waals surface area contributed by atoms with Gasteiger partial charge in [0.2, 0.25) is 15.9 Å². The molecule has 0 radical (unpaired) electrons. The van der Waals surface area contributed by atoms with Crippen molar-refractivity contribution in [2.45, 2.75) is 87.9 Å². The minimum Gasteiger partial charge on any atom is -0.392 e. The fourth-order valence-corrected chi connectivity index (χ4v) is 7.98. The topological polar surface area (TPSA) is 117 Å². The van der Waals surface area contributed by atoms with Gasteiger partial charge < -0.3 is 24.8 Å². The molecule has 270 valence electrons. The van der Waals surface area contributed by atoms with E-state index in [4.69, 9.17) is 9.47 Å². The van der Waals surface area contributed by atoms with Crippen LogP contribution < -0.4 is 10.0 Å². The van der Waals surface area contributed by atoms with Crippen molar-refractivity contribution in [1.29, 1.82) is 0 Å². The number of benzene rings is 4. The first-order valence-corrected chi connectivity index (χ1v) is 19.5. The van der Waals surface area contributed by atoms with E-state index in [1.807, 2.05) is 73.7 Å². The van der Waals surface area contributed by atoms with Crippen LogP contribution in [0.15, 0.2) is 108 Å². The maximum atomic E-state index is 13.7. The molecule has 10 heteroatoms. The molecule has 4 aromatic rings. The van der Waals surface area contributed by atoms with Crippen LogP contribution in [-0.4, -0.2) is 56.1 Å². The molecular formula is C41H49N3O6S. The number of rotatable bonds is 12. The van der Waals surface area contributed by atoms with E-state index in [9.17, 15) is 18.3 Å². The van der Waals surface area contributed by atoms with Crippen molar-refractivity contribution in [3.8, 4) is 0 Å². The lowest BCUT2D eigenvalue weighted by atomic mass is 9.99. The number of hydrogen-bond acceptors (Lipinski definition) is 7. The van der Waals surface area contributed by atoms with Gasteiger partial charge in [-0.25, -0.2) is 8.42 Å². The average Bonchev–Trinajstić information content (AvgIpc) is 3.13. The second kappa shape index (κ2) is 17.5. The van der Waals surface area contributed by atoms with Gasteiger partial charge >= 0.3 is 0 Å². The molecule has 2 fully saturated rings. The molecule has 0 aliphatic carbocycles. The minimum atomic E-state index is -3.97. The summed E-state index contributed by atoms with van der Waals surface area (Å²) in [7, 11) is -3.97. The second-order valence-electron chi connectivity index (χ2n) is 13.7. The number of nitrogens with one attached hydrogen (secondary N) is 2. The molecule has 0 aromatic heterocycles. The Morgan fingerprint density at radius 3 is 2.12 bits per heavy atom. The highest BCUT2D eigenvalue weighted by atomic mass is 32.2. The molecule has 0 spiro atoms. The fraction of sp³-hybridized carbons (Fsp3) is 0.390. The van der Waals surface area contributed by atoms with Gasteiger partial charge in [0.05, 0.1) is 23.7 Å². The van der Waals surface area contributed by atoms with Gasteiger partial charge in [0.15, 0.2) is 6.29 Å². The third kappa shape index (κ3) is 10.3. The molecule has 6 rings (SSSR count). The van der Waals surface area contributed by atoms with Gasteiger partial charge in [0.25, 0.3) is 0 Å². The van der Waals surface area contributed by atoms with Gasteiger partial charge in [-0.3, -0.25) is 4.79 Å². The van der Waals surface area contributed by atoms with Crippen molar-refractivity contribution >= 4 is 21.6 Å². The summed E-state index contributed by atoms with van der Waals surface area (Å²) in [6, 6.07) is 30.1. The standard InChI is InChI=1S/C41H49N3O6S/c1-30-12-22-37(23-13-30)51(47,48)43-38(26-31-10-6-5-7-11-31)40(46)42-35-20-18-34(19-21-35)41-49-36(28-44-24-8-3-2-4-9-25-44)27-39(50-41)33-16-14-32(29-45)15-17-33/h5-7,10-23,36,38-39,41,43,45H,2-4,8-9,24-29H2,1H3,(H,42,46)/t36-,38-,39+,41+/m1/s1. The third-order valence-corrected chi connectivity index (χ3v) is 11.2. The summed E-state index contributed by atoms with van der Waals surface area (Å²) in [5.74, 6) is -0.466. The van der Waals surface area contributed by atoms with Gasteiger partial charge in [-0.2, -0.15) is 4.72 Å². The van der Waals surface area contributed by atoms with Gasteiger partial charge in [-0.1, -0.05) is 104 Å². The zero-order valence-corrected chi connectivity index (χ0v) is 30.1. The van der Waals surface area contributed by atoms with Crippen molar-refractivity contribution in [2.75, 3.05) is 25.0 Å². The lowest BCUT2D eigenvalue weighted by Gasteiger charge is -2.38. The minimum absolute atomic E-state index is 0.0103. The summed E-state index contributed by atoms with van der Waals surface area (Å²) in [6.45, 7) is 4.85. The maximum absolute atomic E-state index is 13.7. The lowest BCUT2D eigenvalue weighted by Crippen LogP contribution is -2.45. The van der Waals surface area contributed by atoms with E-state index >= 15 is 0 Å². The Hall–Kier alpha value is -3.90. The SMILES string of the molecule is Cc1ccc(S(=O)(=O)N[C@H](Cc2ccccc2)C(=O)Nc2ccc([C@H]3O[C@@H](CN4CCCCCCC4)C[C@@H](c4ccc(CO)cc4)O3)cc2)cc1. The number of likely N-dealkylation sites (tertiary alicyclic amines) is 1. The highest BCUT2D eigenvalue weighted by molar-refractivity contribution is 7.89.